The quantitative estimate of drug-likeness (QED) is 0.866. The van der Waals surface area contributed by atoms with E-state index in [-0.39, 0.29) is 11.7 Å². The molecule has 1 atom stereocenters. The molecule has 0 heterocycles. The largest absolute Gasteiger partial charge is 0.330 e. The van der Waals surface area contributed by atoms with Crippen LogP contribution in [0.5, 0.6) is 0 Å². The van der Waals surface area contributed by atoms with Gasteiger partial charge in [0.2, 0.25) is 0 Å². The summed E-state index contributed by atoms with van der Waals surface area (Å²) in [6, 6.07) is 5.17. The summed E-state index contributed by atoms with van der Waals surface area (Å²) < 4.78 is 0. The third-order valence-corrected chi connectivity index (χ3v) is 3.47. The van der Waals surface area contributed by atoms with Gasteiger partial charge >= 0.3 is 0 Å². The summed E-state index contributed by atoms with van der Waals surface area (Å²) in [5.41, 5.74) is 6.44. The lowest BCUT2D eigenvalue weighted by atomic mass is 9.90. The van der Waals surface area contributed by atoms with Crippen LogP contribution in [0, 0.1) is 11.8 Å². The first-order valence-electron chi connectivity index (χ1n) is 6.10. The lowest BCUT2D eigenvalue weighted by molar-refractivity contribution is -0.122. The molecule has 0 aliphatic rings. The van der Waals surface area contributed by atoms with Crippen molar-refractivity contribution in [2.24, 2.45) is 17.6 Å². The summed E-state index contributed by atoms with van der Waals surface area (Å²) >= 11 is 12.0. The summed E-state index contributed by atoms with van der Waals surface area (Å²) in [6.45, 7) is 4.56. The minimum Gasteiger partial charge on any atom is -0.330 e. The van der Waals surface area contributed by atoms with E-state index in [1.54, 1.807) is 18.2 Å². The molecule has 0 spiro atoms. The molecule has 0 fully saturated rings. The van der Waals surface area contributed by atoms with Gasteiger partial charge in [-0.3, -0.25) is 4.79 Å². The summed E-state index contributed by atoms with van der Waals surface area (Å²) in [4.78, 5) is 12.2. The maximum absolute atomic E-state index is 12.2. The van der Waals surface area contributed by atoms with Crippen molar-refractivity contribution in [1.82, 2.24) is 0 Å². The molecule has 0 amide bonds. The number of hydrogen-bond donors (Lipinski definition) is 1. The fourth-order valence-electron chi connectivity index (χ4n) is 1.94. The maximum atomic E-state index is 12.2. The summed E-state index contributed by atoms with van der Waals surface area (Å²) in [7, 11) is 0. The lowest BCUT2D eigenvalue weighted by Gasteiger charge is -2.16. The van der Waals surface area contributed by atoms with Crippen LogP contribution in [0.25, 0.3) is 0 Å². The molecule has 0 radical (unpaired) electrons. The highest BCUT2D eigenvalue weighted by Gasteiger charge is 2.19. The molecular weight excluding hydrogens is 269 g/mol. The number of benzene rings is 1. The van der Waals surface area contributed by atoms with E-state index in [4.69, 9.17) is 28.9 Å². The smallest absolute Gasteiger partial charge is 0.141 e. The maximum Gasteiger partial charge on any atom is 0.141 e. The van der Waals surface area contributed by atoms with Gasteiger partial charge in [0, 0.05) is 28.9 Å². The van der Waals surface area contributed by atoms with Crippen molar-refractivity contribution in [1.29, 1.82) is 0 Å². The summed E-state index contributed by atoms with van der Waals surface area (Å²) in [6.07, 6.45) is 1.11. The van der Waals surface area contributed by atoms with Gasteiger partial charge < -0.3 is 5.73 Å². The van der Waals surface area contributed by atoms with Gasteiger partial charge in [0.15, 0.2) is 0 Å². The Hall–Kier alpha value is -0.570. The zero-order valence-electron chi connectivity index (χ0n) is 10.7. The normalized spacial score (nSPS) is 12.8. The topological polar surface area (TPSA) is 43.1 Å². The van der Waals surface area contributed by atoms with Crippen LogP contribution in [0.15, 0.2) is 18.2 Å². The molecular formula is C14H19Cl2NO. The second kappa shape index (κ2) is 7.13. The van der Waals surface area contributed by atoms with Crippen LogP contribution in [-0.2, 0) is 11.2 Å². The van der Waals surface area contributed by atoms with Crippen LogP contribution in [0.3, 0.4) is 0 Å². The minimum atomic E-state index is -0.0972. The highest BCUT2D eigenvalue weighted by molar-refractivity contribution is 6.33. The van der Waals surface area contributed by atoms with E-state index in [1.165, 1.54) is 0 Å². The third-order valence-electron chi connectivity index (χ3n) is 2.87. The first-order chi connectivity index (χ1) is 8.43. The molecule has 100 valence electrons. The first kappa shape index (κ1) is 15.5. The number of halogens is 2. The number of carbonyl (C=O) groups is 1. The van der Waals surface area contributed by atoms with Crippen LogP contribution in [0.2, 0.25) is 10.0 Å². The zero-order chi connectivity index (χ0) is 13.7. The van der Waals surface area contributed by atoms with Crippen LogP contribution in [0.4, 0.5) is 0 Å². The molecule has 0 aromatic heterocycles. The van der Waals surface area contributed by atoms with Crippen LogP contribution in [-0.4, -0.2) is 12.3 Å². The lowest BCUT2D eigenvalue weighted by Crippen LogP contribution is -2.26. The molecule has 0 aliphatic carbocycles. The third kappa shape index (κ3) is 4.60. The predicted molar refractivity (Wildman–Crippen MR) is 77.2 cm³/mol. The van der Waals surface area contributed by atoms with E-state index >= 15 is 0 Å². The average molecular weight is 288 g/mol. The van der Waals surface area contributed by atoms with Gasteiger partial charge in [0.25, 0.3) is 0 Å². The van der Waals surface area contributed by atoms with Crippen molar-refractivity contribution in [3.63, 3.8) is 0 Å². The Bertz CT molecular complexity index is 418. The minimum absolute atomic E-state index is 0.0972. The number of hydrogen-bond acceptors (Lipinski definition) is 2. The fraction of sp³-hybridized carbons (Fsp3) is 0.500. The van der Waals surface area contributed by atoms with Crippen molar-refractivity contribution in [2.45, 2.75) is 26.7 Å². The molecule has 0 saturated heterocycles. The first-order valence-corrected chi connectivity index (χ1v) is 6.86. The Morgan fingerprint density at radius 3 is 2.56 bits per heavy atom. The highest BCUT2D eigenvalue weighted by Crippen LogP contribution is 2.23. The number of nitrogens with two attached hydrogens (primary N) is 1. The Morgan fingerprint density at radius 1 is 1.33 bits per heavy atom. The average Bonchev–Trinajstić information content (AvgIpc) is 2.30. The van der Waals surface area contributed by atoms with E-state index in [0.29, 0.717) is 28.9 Å². The van der Waals surface area contributed by atoms with Gasteiger partial charge in [-0.1, -0.05) is 37.0 Å². The highest BCUT2D eigenvalue weighted by atomic mass is 35.5. The van der Waals surface area contributed by atoms with Crippen LogP contribution < -0.4 is 5.73 Å². The van der Waals surface area contributed by atoms with Crippen LogP contribution >= 0.6 is 23.2 Å². The summed E-state index contributed by atoms with van der Waals surface area (Å²) in [5, 5.41) is 1.17. The van der Waals surface area contributed by atoms with E-state index in [1.807, 2.05) is 0 Å². The van der Waals surface area contributed by atoms with E-state index in [2.05, 4.69) is 13.8 Å². The standard InChI is InChI=1S/C14H19Cl2NO/c1-9(2)5-11(8-17)14(18)7-10-6-12(15)3-4-13(10)16/h3-4,6,9,11H,5,7-8,17H2,1-2H3. The van der Waals surface area contributed by atoms with Crippen molar-refractivity contribution < 1.29 is 4.79 Å². The molecule has 1 aromatic rings. The van der Waals surface area contributed by atoms with Crippen LogP contribution in [0.1, 0.15) is 25.8 Å². The second-order valence-corrected chi connectivity index (χ2v) is 5.78. The predicted octanol–water partition coefficient (Wildman–Crippen LogP) is 3.73. The van der Waals surface area contributed by atoms with Gasteiger partial charge in [0.1, 0.15) is 5.78 Å². The van der Waals surface area contributed by atoms with Gasteiger partial charge in [-0.05, 0) is 36.1 Å². The SMILES string of the molecule is CC(C)CC(CN)C(=O)Cc1cc(Cl)ccc1Cl. The Labute approximate surface area is 118 Å². The molecule has 0 saturated carbocycles. The molecule has 1 aromatic carbocycles. The Balaban J connectivity index is 2.76. The molecule has 2 N–H and O–H groups in total. The van der Waals surface area contributed by atoms with Crippen molar-refractivity contribution in [2.75, 3.05) is 6.54 Å². The fourth-order valence-corrected chi connectivity index (χ4v) is 2.32. The number of Topliss-reactive ketones (excluding diaryl/α,β-unsaturated/α-hetero) is 1. The summed E-state index contributed by atoms with van der Waals surface area (Å²) in [5.74, 6) is 0.493. The molecule has 0 bridgehead atoms. The zero-order valence-corrected chi connectivity index (χ0v) is 12.3. The van der Waals surface area contributed by atoms with Gasteiger partial charge in [-0.25, -0.2) is 0 Å². The Kier molecular flexibility index (Phi) is 6.13. The number of rotatable bonds is 6. The monoisotopic (exact) mass is 287 g/mol. The van der Waals surface area contributed by atoms with Crippen molar-refractivity contribution in [3.05, 3.63) is 33.8 Å². The molecule has 1 unspecified atom stereocenters. The van der Waals surface area contributed by atoms with Crippen molar-refractivity contribution in [3.8, 4) is 0 Å². The molecule has 4 heteroatoms. The van der Waals surface area contributed by atoms with Gasteiger partial charge in [0.05, 0.1) is 0 Å². The Morgan fingerprint density at radius 2 is 2.00 bits per heavy atom. The van der Waals surface area contributed by atoms with Crippen molar-refractivity contribution >= 4 is 29.0 Å². The second-order valence-electron chi connectivity index (χ2n) is 4.94. The molecule has 0 aliphatic heterocycles. The van der Waals surface area contributed by atoms with Gasteiger partial charge in [-0.2, -0.15) is 0 Å². The molecule has 18 heavy (non-hydrogen) atoms. The van der Waals surface area contributed by atoms with Gasteiger partial charge in [-0.15, -0.1) is 0 Å². The molecule has 2 nitrogen and oxygen atoms in total. The van der Waals surface area contributed by atoms with E-state index in [9.17, 15) is 4.79 Å². The van der Waals surface area contributed by atoms with E-state index < -0.39 is 0 Å². The number of ketones is 1. The number of carbonyl (C=O) groups excluding carboxylic acids is 1. The van der Waals surface area contributed by atoms with E-state index in [0.717, 1.165) is 12.0 Å². The molecule has 1 rings (SSSR count).